The van der Waals surface area contributed by atoms with Crippen molar-refractivity contribution >= 4 is 99.9 Å². The molecule has 10 N–H and O–H groups in total. The smallest absolute Gasteiger partial charge is 0.269 e. The summed E-state index contributed by atoms with van der Waals surface area (Å²) in [6, 6.07) is 50.0. The van der Waals surface area contributed by atoms with Gasteiger partial charge in [0.05, 0.1) is 117 Å². The Morgan fingerprint density at radius 2 is 0.664 bits per heavy atom. The number of hydrogen-bond acceptors (Lipinski definition) is 24. The molecule has 2 atom stereocenters. The Hall–Kier alpha value is -16.1. The highest BCUT2D eigenvalue weighted by Crippen LogP contribution is 2.29. The van der Waals surface area contributed by atoms with Crippen molar-refractivity contribution in [3.63, 3.8) is 0 Å². The number of aromatic amines is 4. The predicted octanol–water partition coefficient (Wildman–Crippen LogP) is 14.8. The summed E-state index contributed by atoms with van der Waals surface area (Å²) in [5, 5.41) is 7.87. The van der Waals surface area contributed by atoms with Gasteiger partial charge < -0.3 is 42.0 Å². The molecule has 8 aromatic carbocycles. The fourth-order valence-corrected chi connectivity index (χ4v) is 15.1. The summed E-state index contributed by atoms with van der Waals surface area (Å²) in [7, 11) is 0. The minimum Gasteiger partial charge on any atom is -0.361 e. The van der Waals surface area contributed by atoms with Crippen LogP contribution in [0.4, 0.5) is 20.4 Å². The fourth-order valence-electron chi connectivity index (χ4n) is 15.1. The van der Waals surface area contributed by atoms with E-state index in [0.717, 1.165) is 90.1 Å². The molecule has 0 bridgehead atoms. The zero-order valence-corrected chi connectivity index (χ0v) is 72.5. The first kappa shape index (κ1) is 86.8. The number of nitrogens with one attached hydrogen (secondary N) is 6. The van der Waals surface area contributed by atoms with Gasteiger partial charge in [0, 0.05) is 0 Å². The van der Waals surface area contributed by atoms with E-state index in [2.05, 4.69) is 105 Å². The number of fused-ring (bicyclic) bond motifs is 8. The first-order valence-electron chi connectivity index (χ1n) is 40.9. The molecule has 0 aliphatic heterocycles. The van der Waals surface area contributed by atoms with E-state index in [0.29, 0.717) is 113 Å². The first-order chi connectivity index (χ1) is 61.6. The molecule has 0 fully saturated rings. The Morgan fingerprint density at radius 1 is 0.344 bits per heavy atom. The Bertz CT molecular complexity index is 7810. The monoisotopic (exact) mass is 1710 g/mol. The average Bonchev–Trinajstić information content (AvgIpc) is 0.919. The molecule has 0 aliphatic carbocycles. The molecular weight excluding hydrogens is 1620 g/mol. The lowest BCUT2D eigenvalue weighted by Crippen LogP contribution is -2.28. The Kier molecular flexibility index (Phi) is 25.2. The van der Waals surface area contributed by atoms with E-state index in [-0.39, 0.29) is 47.1 Å². The molecule has 20 aromatic rings. The third-order valence-electron chi connectivity index (χ3n) is 21.2. The van der Waals surface area contributed by atoms with Gasteiger partial charge >= 0.3 is 0 Å². The van der Waals surface area contributed by atoms with Gasteiger partial charge in [-0.05, 0) is 191 Å². The average molecular weight is 1710 g/mol. The van der Waals surface area contributed by atoms with Crippen LogP contribution in [0, 0.1) is 94.7 Å². The number of benzene rings is 8. The van der Waals surface area contributed by atoms with Gasteiger partial charge in [-0.3, -0.25) is 37.4 Å². The normalized spacial score (nSPS) is 11.6. The molecular formula is C94H90F2N28O4. The van der Waals surface area contributed by atoms with Crippen molar-refractivity contribution in [2.75, 3.05) is 10.6 Å². The maximum absolute atomic E-state index is 14.5. The van der Waals surface area contributed by atoms with E-state index in [1.807, 2.05) is 217 Å². The summed E-state index contributed by atoms with van der Waals surface area (Å²) in [6.07, 6.45) is 6.40. The molecule has 0 saturated carbocycles. The number of aryl methyl sites for hydroxylation is 12. The van der Waals surface area contributed by atoms with Crippen LogP contribution < -0.4 is 44.3 Å². The van der Waals surface area contributed by atoms with Gasteiger partial charge in [0.15, 0.2) is 34.2 Å². The van der Waals surface area contributed by atoms with E-state index in [4.69, 9.17) is 16.5 Å². The molecule has 20 rings (SSSR count). The number of aromatic nitrogens is 24. The topological polar surface area (TPSA) is 433 Å². The molecule has 34 heteroatoms. The third-order valence-corrected chi connectivity index (χ3v) is 21.2. The quantitative estimate of drug-likeness (QED) is 0.0563. The van der Waals surface area contributed by atoms with Crippen molar-refractivity contribution < 1.29 is 8.78 Å². The lowest BCUT2D eigenvalue weighted by atomic mass is 10.1. The second-order valence-electron chi connectivity index (χ2n) is 30.5. The van der Waals surface area contributed by atoms with E-state index < -0.39 is 22.8 Å². The van der Waals surface area contributed by atoms with Crippen molar-refractivity contribution in [3.05, 3.63) is 340 Å². The van der Waals surface area contributed by atoms with Gasteiger partial charge in [-0.2, -0.15) is 0 Å². The SMILES string of the molecule is Cc1ccccc1-n1c(C(C)N)nc2cccc(C)c2c1=O.Cc1ccccc1-n1c(CN)nc2cccc(F)c2c1=O.Cc1nc(C)c2[nH]cnc2n1.Cc1nc(C)c2[nH]cnc2n1.Cc1nc(NC(C)c2nc3cccc(C)c3c(=O)n2-c2ccccc2C)c2[nH]cnc2n1.Cc1nc(NCc2nc3cccc(F)c3c(=O)n2-c2ccccc2C)c2[nH]cnc2n1. The van der Waals surface area contributed by atoms with Crippen molar-refractivity contribution in [2.24, 2.45) is 11.5 Å². The van der Waals surface area contributed by atoms with Crippen LogP contribution in [-0.2, 0) is 13.1 Å². The zero-order chi connectivity index (χ0) is 90.5. The maximum atomic E-state index is 14.5. The van der Waals surface area contributed by atoms with Crippen LogP contribution in [0.2, 0.25) is 0 Å². The summed E-state index contributed by atoms with van der Waals surface area (Å²) >= 11 is 0. The van der Waals surface area contributed by atoms with Gasteiger partial charge in [0.1, 0.15) is 91.1 Å². The largest absolute Gasteiger partial charge is 0.361 e. The van der Waals surface area contributed by atoms with Crippen LogP contribution in [0.25, 0.3) is 111 Å². The predicted molar refractivity (Wildman–Crippen MR) is 493 cm³/mol. The molecule has 12 aromatic heterocycles. The highest BCUT2D eigenvalue weighted by Gasteiger charge is 2.25. The molecule has 0 amide bonds. The van der Waals surface area contributed by atoms with Gasteiger partial charge in [-0.1, -0.05) is 109 Å². The first-order valence-corrected chi connectivity index (χ1v) is 40.9. The van der Waals surface area contributed by atoms with Gasteiger partial charge in [0.2, 0.25) is 0 Å². The van der Waals surface area contributed by atoms with Crippen LogP contribution in [0.15, 0.2) is 214 Å². The van der Waals surface area contributed by atoms with Crippen LogP contribution >= 0.6 is 0 Å². The standard InChI is InChI=1S/C24H23N7O.C22H18FN7O.C18H19N3O.C16H14FN3O.2C7H8N4/c1-13-8-5-6-11-18(13)31-23(30-17-10-7-9-14(2)19(17)24(31)32)15(3)27-22-20-21(26-12-25-20)28-16(4)29-22;1-12-6-3-4-9-16(12)30-17(29-15-8-5-7-14(23)18(15)22(30)31)10-24-20-19-21(26-11-25-19)28-13(2)27-20;1-11-7-4-5-10-15(11)21-17(13(3)19)20-14-9-6-8-12(2)16(14)18(21)22;1-10-5-2-3-8-13(10)20-14(9-18)19-12-7-4-6-11(17)15(12)16(20)21;2*1-4-6-7(9-3-8-6)11-5(2)10-4/h5-12,15H,1-4H3,(H2,25,26,27,28,29);3-9,11H,10H2,1-2H3,(H2,24,25,26,27,28);4-10,13H,19H2,1-3H3;2-8H,9,18H2,1H3;2*3H,1-2H3,(H,8,9,10,11). The number of para-hydroxylation sites is 4. The number of H-pyrrole nitrogens is 4. The zero-order valence-electron chi connectivity index (χ0n) is 72.5. The lowest BCUT2D eigenvalue weighted by Gasteiger charge is -2.21. The van der Waals surface area contributed by atoms with Crippen LogP contribution in [0.5, 0.6) is 0 Å². The number of imidazole rings is 4. The summed E-state index contributed by atoms with van der Waals surface area (Å²) in [4.78, 5) is 134. The second-order valence-corrected chi connectivity index (χ2v) is 30.5. The van der Waals surface area contributed by atoms with E-state index >= 15 is 0 Å². The van der Waals surface area contributed by atoms with Crippen molar-refractivity contribution in [1.29, 1.82) is 0 Å². The fraction of sp³-hybridized carbons (Fsp3) is 0.191. The van der Waals surface area contributed by atoms with Crippen molar-refractivity contribution in [1.82, 2.24) is 118 Å². The minimum absolute atomic E-state index is 0.0158. The summed E-state index contributed by atoms with van der Waals surface area (Å²) < 4.78 is 34.7. The number of anilines is 2. The van der Waals surface area contributed by atoms with Gasteiger partial charge in [0.25, 0.3) is 22.2 Å². The lowest BCUT2D eigenvalue weighted by molar-refractivity contribution is 0.636. The highest BCUT2D eigenvalue weighted by molar-refractivity contribution is 5.86. The van der Waals surface area contributed by atoms with E-state index in [9.17, 15) is 28.0 Å². The number of nitrogens with two attached hydrogens (primary N) is 2. The molecule has 0 radical (unpaired) electrons. The molecule has 12 heterocycles. The Labute approximate surface area is 729 Å². The number of hydrogen-bond donors (Lipinski definition) is 8. The Balaban J connectivity index is 0.000000123. The van der Waals surface area contributed by atoms with E-state index in [1.165, 1.54) is 27.3 Å². The number of nitrogens with zero attached hydrogens (tertiary/aromatic N) is 20. The minimum atomic E-state index is -0.595. The van der Waals surface area contributed by atoms with Crippen LogP contribution in [-0.4, -0.2) is 118 Å². The molecule has 644 valence electrons. The second kappa shape index (κ2) is 37.1. The van der Waals surface area contributed by atoms with Crippen LogP contribution in [0.3, 0.4) is 0 Å². The highest BCUT2D eigenvalue weighted by atomic mass is 19.1. The van der Waals surface area contributed by atoms with Gasteiger partial charge in [-0.25, -0.2) is 88.5 Å². The molecule has 2 unspecified atom stereocenters. The molecule has 0 saturated heterocycles. The molecule has 128 heavy (non-hydrogen) atoms. The van der Waals surface area contributed by atoms with Crippen molar-refractivity contribution in [3.8, 4) is 22.7 Å². The number of rotatable bonds is 12. The summed E-state index contributed by atoms with van der Waals surface area (Å²) in [5.74, 6) is 4.72. The maximum Gasteiger partial charge on any atom is 0.269 e. The van der Waals surface area contributed by atoms with Gasteiger partial charge in [-0.15, -0.1) is 0 Å². The third kappa shape index (κ3) is 17.8. The Morgan fingerprint density at radius 3 is 1.08 bits per heavy atom. The molecule has 0 spiro atoms. The molecule has 32 nitrogen and oxygen atoms in total. The summed E-state index contributed by atoms with van der Waals surface area (Å²) in [5.41, 5.74) is 29.0. The van der Waals surface area contributed by atoms with E-state index in [1.54, 1.807) is 65.6 Å². The van der Waals surface area contributed by atoms with Crippen molar-refractivity contribution in [2.45, 2.75) is 122 Å². The number of halogens is 2. The summed E-state index contributed by atoms with van der Waals surface area (Å²) in [6.45, 7) is 26.9. The van der Waals surface area contributed by atoms with Crippen LogP contribution in [0.1, 0.15) is 117 Å². The molecule has 0 aliphatic rings.